The van der Waals surface area contributed by atoms with E-state index in [1.807, 2.05) is 0 Å². The van der Waals surface area contributed by atoms with Gasteiger partial charge < -0.3 is 35.8 Å². The maximum atomic E-state index is 14.3. The Morgan fingerprint density at radius 3 is 2.45 bits per heavy atom. The van der Waals surface area contributed by atoms with Crippen LogP contribution in [0.25, 0.3) is 0 Å². The number of carbonyl (C=O) groups excluding carboxylic acids is 2. The number of methoxy groups -OCH3 is 1. The van der Waals surface area contributed by atoms with E-state index >= 15 is 0 Å². The predicted molar refractivity (Wildman–Crippen MR) is 232 cm³/mol. The first kappa shape index (κ1) is 46.3. The van der Waals surface area contributed by atoms with Crippen LogP contribution >= 0.6 is 0 Å². The summed E-state index contributed by atoms with van der Waals surface area (Å²) in [5, 5.41) is 51.8. The third-order valence-corrected chi connectivity index (χ3v) is 17.6. The molecule has 0 radical (unpaired) electrons. The van der Waals surface area contributed by atoms with Crippen LogP contribution in [0.2, 0.25) is 0 Å². The smallest absolute Gasteiger partial charge is 0.153 e. The fraction of sp³-hybridized carbons (Fsp3) is 0.880. The fourth-order valence-corrected chi connectivity index (χ4v) is 13.7. The number of Topliss-reactive ketones (excluding diaryl/α,β-unsaturated/α-hetero) is 2. The number of fused-ring (bicyclic) bond motifs is 2. The number of ether oxygens (including phenoxy) is 1. The Hall–Kier alpha value is -1.68. The lowest BCUT2D eigenvalue weighted by molar-refractivity contribution is -0.711. The molecule has 338 valence electrons. The molecule has 17 atom stereocenters. The normalized spacial score (nSPS) is 42.2. The molecular weight excluding hydrogens is 755 g/mol. The molecule has 10 nitrogen and oxygen atoms in total. The minimum Gasteiger partial charge on any atom is -0.391 e. The summed E-state index contributed by atoms with van der Waals surface area (Å²) in [5.74, 6) is 10.2. The number of nitrogens with two attached hydrogens (primary N) is 3. The number of carbonyl (C=O) groups is 2. The Kier molecular flexibility index (Phi) is 16.5. The Morgan fingerprint density at radius 1 is 0.900 bits per heavy atom. The van der Waals surface area contributed by atoms with Gasteiger partial charge in [-0.15, -0.1) is 0 Å². The second-order valence-corrected chi connectivity index (χ2v) is 21.3. The summed E-state index contributed by atoms with van der Waals surface area (Å²) >= 11 is 0. The molecule has 7 unspecified atom stereocenters. The van der Waals surface area contributed by atoms with E-state index in [1.165, 1.54) is 38.5 Å². The molecule has 1 spiro atoms. The minimum absolute atomic E-state index is 0.0294. The summed E-state index contributed by atoms with van der Waals surface area (Å²) in [5.41, 5.74) is 5.40. The average Bonchev–Trinajstić information content (AvgIpc) is 3.30. The summed E-state index contributed by atoms with van der Waals surface area (Å²) in [7, 11) is 1.64. The zero-order chi connectivity index (χ0) is 42.4. The number of hydrogen-bond acceptors (Lipinski definition) is 8. The van der Waals surface area contributed by atoms with E-state index in [1.54, 1.807) is 7.11 Å². The molecular formula is C50H83N3O7+2. The van der Waals surface area contributed by atoms with Crippen LogP contribution in [-0.4, -0.2) is 94.9 Å². The first-order valence-corrected chi connectivity index (χ1v) is 24.9. The number of quaternary nitrogens is 2. The van der Waals surface area contributed by atoms with Crippen LogP contribution in [0.3, 0.4) is 0 Å². The van der Waals surface area contributed by atoms with Crippen molar-refractivity contribution in [1.82, 2.24) is 0 Å². The van der Waals surface area contributed by atoms with Crippen LogP contribution < -0.4 is 16.4 Å². The van der Waals surface area contributed by atoms with Crippen molar-refractivity contribution in [3.63, 3.8) is 0 Å². The molecule has 7 aliphatic rings. The van der Waals surface area contributed by atoms with Crippen molar-refractivity contribution < 1.29 is 45.4 Å². The maximum absolute atomic E-state index is 14.3. The van der Waals surface area contributed by atoms with Crippen molar-refractivity contribution in [1.29, 1.82) is 0 Å². The topological polar surface area (TPSA) is 184 Å². The molecule has 4 saturated carbocycles. The van der Waals surface area contributed by atoms with Crippen LogP contribution in [0, 0.1) is 76.4 Å². The molecule has 10 N–H and O–H groups in total. The monoisotopic (exact) mass is 838 g/mol. The van der Waals surface area contributed by atoms with Crippen LogP contribution in [-0.2, 0) is 14.3 Å². The number of piperidine rings is 2. The van der Waals surface area contributed by atoms with Gasteiger partial charge in [-0.2, -0.15) is 0 Å². The molecule has 2 heterocycles. The van der Waals surface area contributed by atoms with E-state index in [2.05, 4.69) is 41.6 Å². The molecule has 2 aliphatic heterocycles. The maximum Gasteiger partial charge on any atom is 0.153 e. The van der Waals surface area contributed by atoms with E-state index < -0.39 is 29.8 Å². The fourth-order valence-electron chi connectivity index (χ4n) is 13.7. The lowest BCUT2D eigenvalue weighted by atomic mass is 9.64. The highest BCUT2D eigenvalue weighted by Crippen LogP contribution is 2.47. The van der Waals surface area contributed by atoms with Crippen molar-refractivity contribution in [2.45, 2.75) is 191 Å². The lowest BCUT2D eigenvalue weighted by Gasteiger charge is -2.42. The standard InChI is InChI=1S/C50H81N3O7/c1-3-34-30-53-49(51)28-41(34)35(12-11-31-7-5-4-6-8-31)23-43(55)44(56)24-37-18-20-50(47(58)16-14-36-25-46(60-2)45(57)27-40(36)37)19-17-32(22-48(50)59)9-10-33-21-38-13-15-39(54)26-42(38)52-29-33/h11-12,31-38,40-46,48-49,52-53,55-57,59H,3-10,13-17,19,21-30,51H2,1-2H3/p+2/t32-,33-,34?,35+,36?,37-,38-,40?,41?,42+,43-,44+,45?,46?,48+,49?,50+/m0/s1. The molecule has 0 aromatic heterocycles. The number of allylic oxidation sites excluding steroid dienone is 2. The summed E-state index contributed by atoms with van der Waals surface area (Å²) in [4.78, 5) is 26.4. The van der Waals surface area contributed by atoms with Crippen LogP contribution in [0.4, 0.5) is 0 Å². The molecule has 5 aliphatic carbocycles. The molecule has 0 amide bonds. The highest BCUT2D eigenvalue weighted by Gasteiger charge is 2.50. The van der Waals surface area contributed by atoms with Gasteiger partial charge in [-0.05, 0) is 132 Å². The molecule has 0 bridgehead atoms. The van der Waals surface area contributed by atoms with Gasteiger partial charge in [-0.25, -0.2) is 0 Å². The van der Waals surface area contributed by atoms with Gasteiger partial charge in [0, 0.05) is 50.0 Å². The number of ketones is 2. The van der Waals surface area contributed by atoms with E-state index in [0.717, 1.165) is 64.5 Å². The molecule has 6 fully saturated rings. The molecule has 0 aromatic rings. The van der Waals surface area contributed by atoms with Crippen molar-refractivity contribution >= 4 is 11.6 Å². The average molecular weight is 838 g/mol. The second-order valence-electron chi connectivity index (χ2n) is 21.3. The van der Waals surface area contributed by atoms with Gasteiger partial charge >= 0.3 is 0 Å². The molecule has 2 saturated heterocycles. The van der Waals surface area contributed by atoms with Gasteiger partial charge in [-0.3, -0.25) is 15.3 Å². The molecule has 0 aromatic carbocycles. The number of rotatable bonds is 13. The van der Waals surface area contributed by atoms with Crippen molar-refractivity contribution in [3.8, 4) is 11.8 Å². The highest BCUT2D eigenvalue weighted by molar-refractivity contribution is 5.89. The number of aliphatic hydroxyl groups excluding tert-OH is 4. The number of hydrogen-bond donors (Lipinski definition) is 7. The van der Waals surface area contributed by atoms with Crippen LogP contribution in [0.1, 0.15) is 148 Å². The van der Waals surface area contributed by atoms with E-state index in [0.29, 0.717) is 92.3 Å². The Morgan fingerprint density at radius 2 is 1.68 bits per heavy atom. The lowest BCUT2D eigenvalue weighted by Crippen LogP contribution is -2.96. The van der Waals surface area contributed by atoms with Gasteiger partial charge in [0.15, 0.2) is 5.78 Å². The first-order chi connectivity index (χ1) is 29.0. The summed E-state index contributed by atoms with van der Waals surface area (Å²) in [6.07, 6.45) is 19.8. The Bertz CT molecular complexity index is 1510. The van der Waals surface area contributed by atoms with Crippen molar-refractivity contribution in [3.05, 3.63) is 12.2 Å². The third kappa shape index (κ3) is 11.2. The second kappa shape index (κ2) is 21.3. The predicted octanol–water partition coefficient (Wildman–Crippen LogP) is 3.77. The molecule has 60 heavy (non-hydrogen) atoms. The zero-order valence-corrected chi connectivity index (χ0v) is 37.2. The third-order valence-electron chi connectivity index (χ3n) is 17.6. The van der Waals surface area contributed by atoms with E-state index in [4.69, 9.17) is 10.5 Å². The SMILES string of the molecule is CCC1C[NH2+]C(N)CC1[C@H](C=CC1CCCCC1)C[C@H](O)[C@H](O)C[C@@H]1C#C[C@]2(CC[C@H](CC[C@@H]3C[NH2+][C@@H]4CC(=O)CC[C@H]4C3)C[C@H]2O)C(=O)CCC2CC(OC)C(O)CC21. The molecule has 7 rings (SSSR count). The van der Waals surface area contributed by atoms with Gasteiger partial charge in [0.25, 0.3) is 0 Å². The van der Waals surface area contributed by atoms with Gasteiger partial charge in [-0.1, -0.05) is 50.2 Å². The Labute approximate surface area is 361 Å². The summed E-state index contributed by atoms with van der Waals surface area (Å²) in [6.45, 7) is 4.31. The van der Waals surface area contributed by atoms with Crippen molar-refractivity contribution in [2.24, 2.45) is 70.3 Å². The highest BCUT2D eigenvalue weighted by atomic mass is 16.5. The van der Waals surface area contributed by atoms with E-state index in [-0.39, 0.29) is 48.1 Å². The quantitative estimate of drug-likeness (QED) is 0.108. The van der Waals surface area contributed by atoms with Gasteiger partial charge in [0.05, 0.1) is 56.1 Å². The largest absolute Gasteiger partial charge is 0.391 e. The number of aliphatic hydroxyl groups is 4. The van der Waals surface area contributed by atoms with Gasteiger partial charge in [0.2, 0.25) is 0 Å². The zero-order valence-electron chi connectivity index (χ0n) is 37.2. The van der Waals surface area contributed by atoms with Crippen LogP contribution in [0.5, 0.6) is 0 Å². The van der Waals surface area contributed by atoms with Crippen LogP contribution in [0.15, 0.2) is 12.2 Å². The summed E-state index contributed by atoms with van der Waals surface area (Å²) in [6, 6.07) is 0.464. The van der Waals surface area contributed by atoms with Gasteiger partial charge in [0.1, 0.15) is 17.4 Å². The molecule has 10 heteroatoms. The first-order valence-electron chi connectivity index (χ1n) is 24.9. The van der Waals surface area contributed by atoms with Crippen molar-refractivity contribution in [2.75, 3.05) is 20.2 Å². The summed E-state index contributed by atoms with van der Waals surface area (Å²) < 4.78 is 5.73. The van der Waals surface area contributed by atoms with E-state index in [9.17, 15) is 30.0 Å². The Balaban J connectivity index is 1.06. The minimum atomic E-state index is -1.13.